The first kappa shape index (κ1) is 12.1. The molecule has 0 aromatic heterocycles. The van der Waals surface area contributed by atoms with E-state index in [0.717, 1.165) is 15.7 Å². The highest BCUT2D eigenvalue weighted by Gasteiger charge is 2.02. The molecule has 0 heterocycles. The van der Waals surface area contributed by atoms with Crippen LogP contribution in [0, 0.1) is 12.7 Å². The number of halogens is 2. The Hall–Kier alpha value is -1.35. The molecule has 0 amide bonds. The van der Waals surface area contributed by atoms with E-state index in [1.807, 2.05) is 31.2 Å². The predicted molar refractivity (Wildman–Crippen MR) is 72.6 cm³/mol. The fraction of sp³-hybridized carbons (Fsp3) is 0.143. The Morgan fingerprint density at radius 1 is 1.18 bits per heavy atom. The number of rotatable bonds is 3. The largest absolute Gasteiger partial charge is 0.381 e. The fourth-order valence-electron chi connectivity index (χ4n) is 1.66. The lowest BCUT2D eigenvalue weighted by atomic mass is 10.1. The van der Waals surface area contributed by atoms with Gasteiger partial charge in [-0.05, 0) is 36.8 Å². The summed E-state index contributed by atoms with van der Waals surface area (Å²) in [5.41, 5.74) is 2.84. The van der Waals surface area contributed by atoms with Crippen LogP contribution in [-0.2, 0) is 6.54 Å². The molecular weight excluding hydrogens is 281 g/mol. The summed E-state index contributed by atoms with van der Waals surface area (Å²) in [4.78, 5) is 0. The minimum Gasteiger partial charge on any atom is -0.381 e. The Bertz CT molecular complexity index is 525. The van der Waals surface area contributed by atoms with E-state index >= 15 is 0 Å². The smallest absolute Gasteiger partial charge is 0.128 e. The summed E-state index contributed by atoms with van der Waals surface area (Å²) in [6.45, 7) is 2.52. The first-order valence-corrected chi connectivity index (χ1v) is 6.19. The molecule has 2 rings (SSSR count). The van der Waals surface area contributed by atoms with Crippen LogP contribution in [0.5, 0.6) is 0 Å². The van der Waals surface area contributed by atoms with E-state index in [2.05, 4.69) is 21.2 Å². The lowest BCUT2D eigenvalue weighted by Crippen LogP contribution is -2.02. The van der Waals surface area contributed by atoms with E-state index < -0.39 is 0 Å². The van der Waals surface area contributed by atoms with Gasteiger partial charge in [-0.15, -0.1) is 0 Å². The molecule has 0 aliphatic heterocycles. The van der Waals surface area contributed by atoms with Crippen molar-refractivity contribution in [3.8, 4) is 0 Å². The average Bonchev–Trinajstić information content (AvgIpc) is 2.30. The molecule has 0 fully saturated rings. The molecule has 0 aliphatic rings. The maximum Gasteiger partial charge on any atom is 0.128 e. The molecule has 0 saturated heterocycles. The minimum absolute atomic E-state index is 0.172. The van der Waals surface area contributed by atoms with Crippen LogP contribution in [0.1, 0.15) is 11.1 Å². The van der Waals surface area contributed by atoms with Crippen LogP contribution >= 0.6 is 15.9 Å². The first-order chi connectivity index (χ1) is 8.16. The molecule has 0 atom stereocenters. The fourth-order valence-corrected chi connectivity index (χ4v) is 2.13. The molecule has 0 radical (unpaired) electrons. The van der Waals surface area contributed by atoms with Gasteiger partial charge in [0.15, 0.2) is 0 Å². The summed E-state index contributed by atoms with van der Waals surface area (Å²) in [5.74, 6) is -0.172. The van der Waals surface area contributed by atoms with Crippen molar-refractivity contribution >= 4 is 21.6 Å². The molecule has 0 spiro atoms. The SMILES string of the molecule is Cc1cc(Br)ccc1NCc1ccccc1F. The molecule has 1 nitrogen and oxygen atoms in total. The van der Waals surface area contributed by atoms with Gasteiger partial charge in [-0.3, -0.25) is 0 Å². The third-order valence-corrected chi connectivity index (χ3v) is 3.11. The molecule has 88 valence electrons. The molecule has 0 saturated carbocycles. The highest BCUT2D eigenvalue weighted by Crippen LogP contribution is 2.20. The van der Waals surface area contributed by atoms with Gasteiger partial charge in [0.25, 0.3) is 0 Å². The van der Waals surface area contributed by atoms with Crippen LogP contribution in [0.4, 0.5) is 10.1 Å². The Kier molecular flexibility index (Phi) is 3.79. The van der Waals surface area contributed by atoms with Gasteiger partial charge in [0.05, 0.1) is 0 Å². The predicted octanol–water partition coefficient (Wildman–Crippen LogP) is 4.51. The van der Waals surface area contributed by atoms with Crippen LogP contribution in [0.25, 0.3) is 0 Å². The molecule has 17 heavy (non-hydrogen) atoms. The van der Waals surface area contributed by atoms with E-state index in [1.54, 1.807) is 12.1 Å². The average molecular weight is 294 g/mol. The van der Waals surface area contributed by atoms with Gasteiger partial charge in [0.2, 0.25) is 0 Å². The molecule has 0 unspecified atom stereocenters. The van der Waals surface area contributed by atoms with Gasteiger partial charge < -0.3 is 5.32 Å². The van der Waals surface area contributed by atoms with Crippen LogP contribution < -0.4 is 5.32 Å². The highest BCUT2D eigenvalue weighted by atomic mass is 79.9. The van der Waals surface area contributed by atoms with Crippen molar-refractivity contribution in [1.29, 1.82) is 0 Å². The Balaban J connectivity index is 2.10. The number of nitrogens with one attached hydrogen (secondary N) is 1. The van der Waals surface area contributed by atoms with Gasteiger partial charge in [0, 0.05) is 22.3 Å². The summed E-state index contributed by atoms with van der Waals surface area (Å²) < 4.78 is 14.5. The van der Waals surface area contributed by atoms with Crippen LogP contribution in [0.2, 0.25) is 0 Å². The van der Waals surface area contributed by atoms with E-state index in [9.17, 15) is 4.39 Å². The summed E-state index contributed by atoms with van der Waals surface area (Å²) in [6, 6.07) is 12.8. The maximum absolute atomic E-state index is 13.4. The van der Waals surface area contributed by atoms with Gasteiger partial charge >= 0.3 is 0 Å². The summed E-state index contributed by atoms with van der Waals surface area (Å²) in [6.07, 6.45) is 0. The van der Waals surface area contributed by atoms with Crippen molar-refractivity contribution in [3.05, 3.63) is 63.9 Å². The van der Waals surface area contributed by atoms with Crippen molar-refractivity contribution in [3.63, 3.8) is 0 Å². The van der Waals surface area contributed by atoms with Crippen molar-refractivity contribution in [2.24, 2.45) is 0 Å². The maximum atomic E-state index is 13.4. The van der Waals surface area contributed by atoms with E-state index in [-0.39, 0.29) is 5.82 Å². The normalized spacial score (nSPS) is 10.3. The van der Waals surface area contributed by atoms with Crippen molar-refractivity contribution < 1.29 is 4.39 Å². The second-order valence-electron chi connectivity index (χ2n) is 3.90. The topological polar surface area (TPSA) is 12.0 Å². The molecule has 2 aromatic rings. The molecule has 0 aliphatic carbocycles. The summed E-state index contributed by atoms with van der Waals surface area (Å²) >= 11 is 3.42. The lowest BCUT2D eigenvalue weighted by Gasteiger charge is -2.10. The Morgan fingerprint density at radius 3 is 2.65 bits per heavy atom. The van der Waals surface area contributed by atoms with Gasteiger partial charge in [-0.2, -0.15) is 0 Å². The summed E-state index contributed by atoms with van der Waals surface area (Å²) in [7, 11) is 0. The van der Waals surface area contributed by atoms with E-state index in [0.29, 0.717) is 12.1 Å². The second-order valence-corrected chi connectivity index (χ2v) is 4.82. The zero-order valence-corrected chi connectivity index (χ0v) is 11.1. The number of benzene rings is 2. The van der Waals surface area contributed by atoms with Crippen molar-refractivity contribution in [2.75, 3.05) is 5.32 Å². The Labute approximate surface area is 109 Å². The van der Waals surface area contributed by atoms with Crippen molar-refractivity contribution in [1.82, 2.24) is 0 Å². The second kappa shape index (κ2) is 5.32. The Morgan fingerprint density at radius 2 is 1.94 bits per heavy atom. The summed E-state index contributed by atoms with van der Waals surface area (Å²) in [5, 5.41) is 3.24. The number of hydrogen-bond acceptors (Lipinski definition) is 1. The molecule has 2 aromatic carbocycles. The zero-order chi connectivity index (χ0) is 12.3. The molecule has 1 N–H and O–H groups in total. The molecular formula is C14H13BrFN. The highest BCUT2D eigenvalue weighted by molar-refractivity contribution is 9.10. The lowest BCUT2D eigenvalue weighted by molar-refractivity contribution is 0.613. The van der Waals surface area contributed by atoms with Gasteiger partial charge in [-0.1, -0.05) is 34.1 Å². The van der Waals surface area contributed by atoms with E-state index in [1.165, 1.54) is 6.07 Å². The van der Waals surface area contributed by atoms with E-state index in [4.69, 9.17) is 0 Å². The first-order valence-electron chi connectivity index (χ1n) is 5.40. The quantitative estimate of drug-likeness (QED) is 0.878. The monoisotopic (exact) mass is 293 g/mol. The van der Waals surface area contributed by atoms with Crippen molar-refractivity contribution in [2.45, 2.75) is 13.5 Å². The van der Waals surface area contributed by atoms with Gasteiger partial charge in [0.1, 0.15) is 5.82 Å². The number of anilines is 1. The van der Waals surface area contributed by atoms with Gasteiger partial charge in [-0.25, -0.2) is 4.39 Å². The number of hydrogen-bond donors (Lipinski definition) is 1. The standard InChI is InChI=1S/C14H13BrFN/c1-10-8-12(15)6-7-14(10)17-9-11-4-2-3-5-13(11)16/h2-8,17H,9H2,1H3. The third-order valence-electron chi connectivity index (χ3n) is 2.62. The zero-order valence-electron chi connectivity index (χ0n) is 9.50. The number of aryl methyl sites for hydroxylation is 1. The molecule has 3 heteroatoms. The van der Waals surface area contributed by atoms with Crippen LogP contribution in [0.15, 0.2) is 46.9 Å². The minimum atomic E-state index is -0.172. The van der Waals surface area contributed by atoms with Crippen LogP contribution in [0.3, 0.4) is 0 Å². The third kappa shape index (κ3) is 3.07. The molecule has 0 bridgehead atoms. The van der Waals surface area contributed by atoms with Crippen LogP contribution in [-0.4, -0.2) is 0 Å².